The zero-order valence-electron chi connectivity index (χ0n) is 12.9. The summed E-state index contributed by atoms with van der Waals surface area (Å²) in [6, 6.07) is 14.1. The van der Waals surface area contributed by atoms with Crippen molar-refractivity contribution in [3.8, 4) is 11.5 Å². The van der Waals surface area contributed by atoms with Gasteiger partial charge in [-0.1, -0.05) is 23.8 Å². The van der Waals surface area contributed by atoms with Crippen LogP contribution >= 0.6 is 0 Å². The van der Waals surface area contributed by atoms with E-state index in [4.69, 9.17) is 15.2 Å². The highest BCUT2D eigenvalue weighted by atomic mass is 16.5. The molecule has 2 N–H and O–H groups in total. The third-order valence-corrected chi connectivity index (χ3v) is 3.33. The second kappa shape index (κ2) is 7.14. The molecule has 0 aliphatic carbocycles. The molecule has 1 atom stereocenters. The molecule has 3 nitrogen and oxygen atoms in total. The highest BCUT2D eigenvalue weighted by Gasteiger charge is 2.08. The van der Waals surface area contributed by atoms with Crippen molar-refractivity contribution in [3.63, 3.8) is 0 Å². The van der Waals surface area contributed by atoms with Gasteiger partial charge in [-0.3, -0.25) is 0 Å². The van der Waals surface area contributed by atoms with Crippen molar-refractivity contribution in [2.24, 2.45) is 5.73 Å². The van der Waals surface area contributed by atoms with Crippen molar-refractivity contribution in [3.05, 3.63) is 59.2 Å². The Balaban J connectivity index is 2.16. The Kier molecular flexibility index (Phi) is 5.23. The number of rotatable bonds is 6. The maximum atomic E-state index is 5.95. The summed E-state index contributed by atoms with van der Waals surface area (Å²) in [6.07, 6.45) is 0. The summed E-state index contributed by atoms with van der Waals surface area (Å²) in [5.74, 6) is 1.71. The van der Waals surface area contributed by atoms with E-state index in [0.717, 1.165) is 22.6 Å². The molecule has 21 heavy (non-hydrogen) atoms. The smallest absolute Gasteiger partial charge is 0.125 e. The first-order chi connectivity index (χ1) is 10.1. The molecule has 0 aromatic heterocycles. The van der Waals surface area contributed by atoms with Crippen LogP contribution in [0.15, 0.2) is 42.5 Å². The minimum absolute atomic E-state index is 0.00111. The number of aryl methyl sites for hydroxylation is 1. The lowest BCUT2D eigenvalue weighted by atomic mass is 10.1. The van der Waals surface area contributed by atoms with Crippen LogP contribution in [0.3, 0.4) is 0 Å². The molecule has 1 unspecified atom stereocenters. The summed E-state index contributed by atoms with van der Waals surface area (Å²) in [5.41, 5.74) is 9.27. The number of nitrogens with two attached hydrogens (primary N) is 1. The van der Waals surface area contributed by atoms with Gasteiger partial charge in [0.2, 0.25) is 0 Å². The van der Waals surface area contributed by atoms with Crippen LogP contribution in [-0.2, 0) is 6.61 Å². The maximum Gasteiger partial charge on any atom is 0.125 e. The number of hydrogen-bond acceptors (Lipinski definition) is 3. The summed E-state index contributed by atoms with van der Waals surface area (Å²) in [6.45, 7) is 7.11. The molecule has 0 heterocycles. The molecule has 0 saturated carbocycles. The molecule has 2 aromatic rings. The molecule has 0 amide bonds. The monoisotopic (exact) mass is 285 g/mol. The Bertz CT molecular complexity index is 576. The van der Waals surface area contributed by atoms with E-state index in [0.29, 0.717) is 13.2 Å². The fourth-order valence-electron chi connectivity index (χ4n) is 2.09. The van der Waals surface area contributed by atoms with Gasteiger partial charge in [-0.25, -0.2) is 0 Å². The van der Waals surface area contributed by atoms with Crippen LogP contribution in [-0.4, -0.2) is 6.61 Å². The molecular formula is C18H23NO2. The molecule has 0 aliphatic rings. The Morgan fingerprint density at radius 2 is 1.76 bits per heavy atom. The lowest BCUT2D eigenvalue weighted by molar-refractivity contribution is 0.286. The molecule has 0 saturated heterocycles. The normalized spacial score (nSPS) is 12.0. The average molecular weight is 285 g/mol. The van der Waals surface area contributed by atoms with Gasteiger partial charge in [0.15, 0.2) is 0 Å². The van der Waals surface area contributed by atoms with Gasteiger partial charge in [-0.2, -0.15) is 0 Å². The lowest BCUT2D eigenvalue weighted by Crippen LogP contribution is -2.07. The molecule has 0 bridgehead atoms. The van der Waals surface area contributed by atoms with Crippen molar-refractivity contribution in [2.75, 3.05) is 6.61 Å². The van der Waals surface area contributed by atoms with Crippen LogP contribution in [0.1, 0.15) is 36.6 Å². The van der Waals surface area contributed by atoms with Crippen LogP contribution in [0, 0.1) is 6.92 Å². The molecule has 0 aliphatic heterocycles. The summed E-state index contributed by atoms with van der Waals surface area (Å²) in [7, 11) is 0. The van der Waals surface area contributed by atoms with Crippen LogP contribution in [0.5, 0.6) is 11.5 Å². The van der Waals surface area contributed by atoms with E-state index in [1.54, 1.807) is 0 Å². The fourth-order valence-corrected chi connectivity index (χ4v) is 2.09. The van der Waals surface area contributed by atoms with E-state index in [-0.39, 0.29) is 6.04 Å². The van der Waals surface area contributed by atoms with Crippen LogP contribution in [0.25, 0.3) is 0 Å². The quantitative estimate of drug-likeness (QED) is 0.872. The lowest BCUT2D eigenvalue weighted by Gasteiger charge is -2.14. The van der Waals surface area contributed by atoms with Crippen LogP contribution in [0.4, 0.5) is 0 Å². The van der Waals surface area contributed by atoms with E-state index < -0.39 is 0 Å². The second-order valence-corrected chi connectivity index (χ2v) is 5.19. The van der Waals surface area contributed by atoms with Gasteiger partial charge >= 0.3 is 0 Å². The number of hydrogen-bond donors (Lipinski definition) is 1. The number of benzene rings is 2. The van der Waals surface area contributed by atoms with E-state index in [1.807, 2.05) is 50.2 Å². The van der Waals surface area contributed by atoms with Crippen molar-refractivity contribution in [2.45, 2.75) is 33.4 Å². The third kappa shape index (κ3) is 4.23. The predicted octanol–water partition coefficient (Wildman–Crippen LogP) is 3.99. The van der Waals surface area contributed by atoms with Crippen molar-refractivity contribution < 1.29 is 9.47 Å². The highest BCUT2D eigenvalue weighted by molar-refractivity contribution is 5.38. The minimum atomic E-state index is -0.00111. The molecule has 0 spiro atoms. The predicted molar refractivity (Wildman–Crippen MR) is 85.7 cm³/mol. The van der Waals surface area contributed by atoms with Crippen molar-refractivity contribution >= 4 is 0 Å². The maximum absolute atomic E-state index is 5.95. The molecule has 2 aromatic carbocycles. The van der Waals surface area contributed by atoms with E-state index >= 15 is 0 Å². The Labute approximate surface area is 126 Å². The summed E-state index contributed by atoms with van der Waals surface area (Å²) < 4.78 is 11.5. The van der Waals surface area contributed by atoms with Gasteiger partial charge < -0.3 is 15.2 Å². The zero-order valence-corrected chi connectivity index (χ0v) is 12.9. The largest absolute Gasteiger partial charge is 0.493 e. The molecule has 2 rings (SSSR count). The SMILES string of the molecule is CCOc1ccc(C(C)N)cc1COc1ccc(C)cc1. The van der Waals surface area contributed by atoms with Gasteiger partial charge in [0.05, 0.1) is 6.61 Å². The van der Waals surface area contributed by atoms with E-state index in [2.05, 4.69) is 13.0 Å². The fraction of sp³-hybridized carbons (Fsp3) is 0.333. The first-order valence-corrected chi connectivity index (χ1v) is 7.31. The topological polar surface area (TPSA) is 44.5 Å². The standard InChI is InChI=1S/C18H23NO2/c1-4-20-18-10-7-15(14(3)19)11-16(18)12-21-17-8-5-13(2)6-9-17/h5-11,14H,4,12,19H2,1-3H3. The third-order valence-electron chi connectivity index (χ3n) is 3.33. The summed E-state index contributed by atoms with van der Waals surface area (Å²) in [4.78, 5) is 0. The highest BCUT2D eigenvalue weighted by Crippen LogP contribution is 2.24. The first kappa shape index (κ1) is 15.4. The van der Waals surface area contributed by atoms with Crippen molar-refractivity contribution in [1.82, 2.24) is 0 Å². The van der Waals surface area contributed by atoms with E-state index in [9.17, 15) is 0 Å². The summed E-state index contributed by atoms with van der Waals surface area (Å²) >= 11 is 0. The second-order valence-electron chi connectivity index (χ2n) is 5.19. The Hall–Kier alpha value is -2.00. The Morgan fingerprint density at radius 3 is 2.38 bits per heavy atom. The van der Waals surface area contributed by atoms with Gasteiger partial charge in [-0.15, -0.1) is 0 Å². The summed E-state index contributed by atoms with van der Waals surface area (Å²) in [5, 5.41) is 0. The molecule has 112 valence electrons. The van der Waals surface area contributed by atoms with Gasteiger partial charge in [0, 0.05) is 11.6 Å². The molecule has 0 radical (unpaired) electrons. The van der Waals surface area contributed by atoms with Gasteiger partial charge in [0.1, 0.15) is 18.1 Å². The molecular weight excluding hydrogens is 262 g/mol. The van der Waals surface area contributed by atoms with Crippen LogP contribution in [0.2, 0.25) is 0 Å². The van der Waals surface area contributed by atoms with Gasteiger partial charge in [0.25, 0.3) is 0 Å². The van der Waals surface area contributed by atoms with Crippen molar-refractivity contribution in [1.29, 1.82) is 0 Å². The molecule has 0 fully saturated rings. The minimum Gasteiger partial charge on any atom is -0.493 e. The first-order valence-electron chi connectivity index (χ1n) is 7.31. The van der Waals surface area contributed by atoms with Crippen LogP contribution < -0.4 is 15.2 Å². The average Bonchev–Trinajstić information content (AvgIpc) is 2.48. The van der Waals surface area contributed by atoms with Gasteiger partial charge in [-0.05, 0) is 50.6 Å². The zero-order chi connectivity index (χ0) is 15.2. The Morgan fingerprint density at radius 1 is 1.05 bits per heavy atom. The number of ether oxygens (including phenoxy) is 2. The molecule has 3 heteroatoms. The van der Waals surface area contributed by atoms with E-state index in [1.165, 1.54) is 5.56 Å².